The van der Waals surface area contributed by atoms with Gasteiger partial charge < -0.3 is 15.1 Å². The fourth-order valence-electron chi connectivity index (χ4n) is 3.89. The van der Waals surface area contributed by atoms with Crippen LogP contribution in [0.4, 0.5) is 5.69 Å². The molecule has 0 radical (unpaired) electrons. The topological polar surface area (TPSA) is 85.8 Å². The minimum atomic E-state index is -0.310. The first kappa shape index (κ1) is 20.7. The van der Waals surface area contributed by atoms with Crippen LogP contribution in [0.25, 0.3) is 5.57 Å². The second kappa shape index (κ2) is 8.69. The van der Waals surface area contributed by atoms with Crippen molar-refractivity contribution in [2.45, 2.75) is 13.5 Å². The number of hydrogen-bond donors (Lipinski definition) is 1. The largest absolute Gasteiger partial charge is 0.364 e. The van der Waals surface area contributed by atoms with Crippen molar-refractivity contribution in [1.29, 1.82) is 0 Å². The van der Waals surface area contributed by atoms with Gasteiger partial charge in [0.1, 0.15) is 5.70 Å². The molecule has 8 nitrogen and oxygen atoms in total. The summed E-state index contributed by atoms with van der Waals surface area (Å²) in [6, 6.07) is 10.7. The van der Waals surface area contributed by atoms with Gasteiger partial charge in [-0.3, -0.25) is 24.3 Å². The summed E-state index contributed by atoms with van der Waals surface area (Å²) in [5, 5.41) is 2.72. The van der Waals surface area contributed by atoms with E-state index in [2.05, 4.69) is 15.2 Å². The van der Waals surface area contributed by atoms with Gasteiger partial charge in [0.05, 0.1) is 12.1 Å². The van der Waals surface area contributed by atoms with Crippen molar-refractivity contribution in [3.63, 3.8) is 0 Å². The molecule has 2 aliphatic heterocycles. The fraction of sp³-hybridized carbons (Fsp3) is 0.304. The molecule has 1 aromatic carbocycles. The van der Waals surface area contributed by atoms with Gasteiger partial charge in [-0.05, 0) is 36.4 Å². The fourth-order valence-corrected chi connectivity index (χ4v) is 3.89. The zero-order valence-corrected chi connectivity index (χ0v) is 17.7. The zero-order chi connectivity index (χ0) is 22.0. The number of aromatic nitrogens is 1. The minimum absolute atomic E-state index is 0.167. The Balaban J connectivity index is 1.70. The van der Waals surface area contributed by atoms with E-state index >= 15 is 0 Å². The van der Waals surface area contributed by atoms with E-state index in [1.807, 2.05) is 18.0 Å². The van der Waals surface area contributed by atoms with Crippen molar-refractivity contribution in [2.75, 3.05) is 38.5 Å². The number of piperazine rings is 1. The molecule has 0 atom stereocenters. The van der Waals surface area contributed by atoms with Gasteiger partial charge in [-0.25, -0.2) is 0 Å². The number of nitrogens with zero attached hydrogens (tertiary/aromatic N) is 4. The van der Waals surface area contributed by atoms with Crippen molar-refractivity contribution in [1.82, 2.24) is 19.7 Å². The SMILES string of the molecule is CC(=O)Nc1ccc(C2=C(N3CCN(C)CC3)C(=O)N(Cc3cccnc3)C2=O)cc1. The van der Waals surface area contributed by atoms with Crippen LogP contribution in [0.1, 0.15) is 18.1 Å². The lowest BCUT2D eigenvalue weighted by Gasteiger charge is -2.34. The van der Waals surface area contributed by atoms with Crippen molar-refractivity contribution < 1.29 is 14.4 Å². The lowest BCUT2D eigenvalue weighted by atomic mass is 10.0. The average molecular weight is 419 g/mol. The van der Waals surface area contributed by atoms with Gasteiger partial charge in [0.2, 0.25) is 5.91 Å². The third-order valence-electron chi connectivity index (χ3n) is 5.52. The zero-order valence-electron chi connectivity index (χ0n) is 17.7. The Labute approximate surface area is 181 Å². The number of imide groups is 1. The van der Waals surface area contributed by atoms with E-state index in [-0.39, 0.29) is 24.3 Å². The molecular formula is C23H25N5O3. The van der Waals surface area contributed by atoms with Gasteiger partial charge in [0.15, 0.2) is 0 Å². The maximum Gasteiger partial charge on any atom is 0.278 e. The summed E-state index contributed by atoms with van der Waals surface area (Å²) in [5.41, 5.74) is 2.96. The van der Waals surface area contributed by atoms with Crippen LogP contribution in [0.5, 0.6) is 0 Å². The highest BCUT2D eigenvalue weighted by Crippen LogP contribution is 2.33. The highest BCUT2D eigenvalue weighted by Gasteiger charge is 2.42. The molecule has 1 aromatic heterocycles. The van der Waals surface area contributed by atoms with Gasteiger partial charge in [-0.2, -0.15) is 0 Å². The summed E-state index contributed by atoms with van der Waals surface area (Å²) in [7, 11) is 2.05. The molecule has 0 unspecified atom stereocenters. The van der Waals surface area contributed by atoms with Gasteiger partial charge in [0, 0.05) is 51.2 Å². The number of carbonyl (C=O) groups excluding carboxylic acids is 3. The maximum atomic E-state index is 13.4. The van der Waals surface area contributed by atoms with Crippen LogP contribution in [0, 0.1) is 0 Å². The number of likely N-dealkylation sites (N-methyl/N-ethyl adjacent to an activating group) is 1. The Hall–Kier alpha value is -3.52. The predicted octanol–water partition coefficient (Wildman–Crippen LogP) is 1.57. The number of carbonyl (C=O) groups is 3. The van der Waals surface area contributed by atoms with Crippen LogP contribution in [-0.4, -0.2) is 70.6 Å². The summed E-state index contributed by atoms with van der Waals surface area (Å²) in [4.78, 5) is 47.7. The van der Waals surface area contributed by atoms with Gasteiger partial charge in [0.25, 0.3) is 11.8 Å². The predicted molar refractivity (Wildman–Crippen MR) is 117 cm³/mol. The number of anilines is 1. The van der Waals surface area contributed by atoms with Crippen molar-refractivity contribution in [3.05, 3.63) is 65.6 Å². The molecule has 0 spiro atoms. The number of nitrogens with one attached hydrogen (secondary N) is 1. The molecule has 0 saturated carbocycles. The molecular weight excluding hydrogens is 394 g/mol. The van der Waals surface area contributed by atoms with Crippen molar-refractivity contribution in [2.24, 2.45) is 0 Å². The smallest absolute Gasteiger partial charge is 0.278 e. The second-order valence-corrected chi connectivity index (χ2v) is 7.83. The van der Waals surface area contributed by atoms with Crippen LogP contribution >= 0.6 is 0 Å². The van der Waals surface area contributed by atoms with Gasteiger partial charge in [-0.15, -0.1) is 0 Å². The molecule has 2 aromatic rings. The number of rotatable bonds is 5. The molecule has 31 heavy (non-hydrogen) atoms. The molecule has 160 valence electrons. The number of hydrogen-bond acceptors (Lipinski definition) is 6. The van der Waals surface area contributed by atoms with E-state index in [1.54, 1.807) is 42.7 Å². The summed E-state index contributed by atoms with van der Waals surface area (Å²) < 4.78 is 0. The highest BCUT2D eigenvalue weighted by atomic mass is 16.2. The molecule has 0 aliphatic carbocycles. The van der Waals surface area contributed by atoms with E-state index in [4.69, 9.17) is 0 Å². The third-order valence-corrected chi connectivity index (χ3v) is 5.52. The number of pyridine rings is 1. The summed E-state index contributed by atoms with van der Waals surface area (Å²) in [6.07, 6.45) is 3.32. The summed E-state index contributed by atoms with van der Waals surface area (Å²) in [6.45, 7) is 4.62. The molecule has 0 bridgehead atoms. The van der Waals surface area contributed by atoms with Crippen LogP contribution in [-0.2, 0) is 20.9 Å². The molecule has 3 amide bonds. The molecule has 3 heterocycles. The lowest BCUT2D eigenvalue weighted by Crippen LogP contribution is -2.46. The number of benzene rings is 1. The molecule has 8 heteroatoms. The molecule has 4 rings (SSSR count). The van der Waals surface area contributed by atoms with Crippen LogP contribution < -0.4 is 5.32 Å². The lowest BCUT2D eigenvalue weighted by molar-refractivity contribution is -0.138. The monoisotopic (exact) mass is 419 g/mol. The van der Waals surface area contributed by atoms with Crippen LogP contribution in [0.3, 0.4) is 0 Å². The molecule has 1 N–H and O–H groups in total. The van der Waals surface area contributed by atoms with E-state index < -0.39 is 0 Å². The quantitative estimate of drug-likeness (QED) is 0.741. The first-order valence-electron chi connectivity index (χ1n) is 10.2. The first-order valence-corrected chi connectivity index (χ1v) is 10.2. The Bertz CT molecular complexity index is 1020. The number of amides is 3. The average Bonchev–Trinajstić information content (AvgIpc) is 3.00. The summed E-state index contributed by atoms with van der Waals surface area (Å²) >= 11 is 0. The second-order valence-electron chi connectivity index (χ2n) is 7.83. The van der Waals surface area contributed by atoms with Crippen molar-refractivity contribution in [3.8, 4) is 0 Å². The summed E-state index contributed by atoms with van der Waals surface area (Å²) in [5.74, 6) is -0.755. The standard InChI is InChI=1S/C23H25N5O3/c1-16(29)25-19-7-5-18(6-8-19)20-21(27-12-10-26(2)11-13-27)23(31)28(22(20)30)15-17-4-3-9-24-14-17/h3-9,14H,10-13,15H2,1-2H3,(H,25,29). The molecule has 1 saturated heterocycles. The Kier molecular flexibility index (Phi) is 5.81. The normalized spacial score (nSPS) is 17.5. The van der Waals surface area contributed by atoms with Crippen LogP contribution in [0.15, 0.2) is 54.5 Å². The Morgan fingerprint density at radius 3 is 2.35 bits per heavy atom. The Morgan fingerprint density at radius 2 is 1.74 bits per heavy atom. The van der Waals surface area contributed by atoms with Crippen molar-refractivity contribution >= 4 is 29.0 Å². The minimum Gasteiger partial charge on any atom is -0.364 e. The Morgan fingerprint density at radius 1 is 1.03 bits per heavy atom. The van der Waals surface area contributed by atoms with E-state index in [0.717, 1.165) is 18.7 Å². The van der Waals surface area contributed by atoms with E-state index in [9.17, 15) is 14.4 Å². The first-order chi connectivity index (χ1) is 14.9. The molecule has 1 fully saturated rings. The van der Waals surface area contributed by atoms with Gasteiger partial charge in [-0.1, -0.05) is 18.2 Å². The molecule has 2 aliphatic rings. The van der Waals surface area contributed by atoms with E-state index in [1.165, 1.54) is 11.8 Å². The van der Waals surface area contributed by atoms with Crippen LogP contribution in [0.2, 0.25) is 0 Å². The third kappa shape index (κ3) is 4.34. The van der Waals surface area contributed by atoms with E-state index in [0.29, 0.717) is 35.6 Å². The maximum absolute atomic E-state index is 13.4. The highest BCUT2D eigenvalue weighted by molar-refractivity contribution is 6.35. The van der Waals surface area contributed by atoms with Gasteiger partial charge >= 0.3 is 0 Å².